The molecule has 0 saturated heterocycles. The average molecular weight is 612 g/mol. The third kappa shape index (κ3) is 12.9. The fourth-order valence-corrected chi connectivity index (χ4v) is 4.38. The molecular formula is C31H45Cl3N4O2. The van der Waals surface area contributed by atoms with Gasteiger partial charge >= 0.3 is 0 Å². The number of hydrogen-bond donors (Lipinski definition) is 4. The monoisotopic (exact) mass is 610 g/mol. The summed E-state index contributed by atoms with van der Waals surface area (Å²) < 4.78 is 0. The fourth-order valence-electron chi connectivity index (χ4n) is 4.38. The van der Waals surface area contributed by atoms with Crippen LogP contribution in [0.2, 0.25) is 0 Å². The van der Waals surface area contributed by atoms with Crippen molar-refractivity contribution in [3.63, 3.8) is 0 Å². The molecule has 0 spiro atoms. The van der Waals surface area contributed by atoms with Crippen LogP contribution in [0.15, 0.2) is 66.7 Å². The fraction of sp³-hybridized carbons (Fsp3) is 0.419. The Morgan fingerprint density at radius 2 is 1.73 bits per heavy atom. The number of nitrogens with one attached hydrogen (secondary N) is 2. The maximum absolute atomic E-state index is 13.3. The van der Waals surface area contributed by atoms with Gasteiger partial charge in [0.2, 0.25) is 5.91 Å². The summed E-state index contributed by atoms with van der Waals surface area (Å²) in [5, 5.41) is 17.4. The molecule has 40 heavy (non-hydrogen) atoms. The molecule has 0 aliphatic heterocycles. The number of para-hydroxylation sites is 1. The van der Waals surface area contributed by atoms with Gasteiger partial charge in [-0.25, -0.2) is 4.98 Å². The number of phenols is 1. The summed E-state index contributed by atoms with van der Waals surface area (Å²) in [6.45, 7) is 6.95. The predicted molar refractivity (Wildman–Crippen MR) is 175 cm³/mol. The predicted octanol–water partition coefficient (Wildman–Crippen LogP) is 6.47. The molecule has 222 valence electrons. The Morgan fingerprint density at radius 1 is 1.02 bits per heavy atom. The van der Waals surface area contributed by atoms with E-state index in [-0.39, 0.29) is 61.0 Å². The molecule has 3 rings (SSSR count). The van der Waals surface area contributed by atoms with Crippen LogP contribution in [0.25, 0.3) is 17.0 Å². The molecule has 0 aliphatic rings. The number of carbonyl (C=O) groups excluding carboxylic acids is 1. The van der Waals surface area contributed by atoms with Crippen LogP contribution in [0.3, 0.4) is 0 Å². The zero-order valence-corrected chi connectivity index (χ0v) is 26.0. The summed E-state index contributed by atoms with van der Waals surface area (Å²) in [5.41, 5.74) is 9.04. The van der Waals surface area contributed by atoms with Crippen molar-refractivity contribution in [2.45, 2.75) is 71.0 Å². The third-order valence-corrected chi connectivity index (χ3v) is 6.42. The maximum Gasteiger partial charge on any atom is 0.237 e. The lowest BCUT2D eigenvalue weighted by molar-refractivity contribution is -0.123. The summed E-state index contributed by atoms with van der Waals surface area (Å²) in [7, 11) is 0. The number of phenolic OH excluding ortho intramolecular Hbond substituents is 1. The van der Waals surface area contributed by atoms with Gasteiger partial charge in [-0.1, -0.05) is 76.1 Å². The molecule has 0 radical (unpaired) electrons. The normalized spacial score (nSPS) is 13.1. The van der Waals surface area contributed by atoms with Gasteiger partial charge in [0.15, 0.2) is 0 Å². The largest absolute Gasteiger partial charge is 0.508 e. The molecule has 3 atom stereocenters. The number of benzene rings is 2. The minimum absolute atomic E-state index is 0. The molecule has 0 bridgehead atoms. The zero-order chi connectivity index (χ0) is 26.6. The van der Waals surface area contributed by atoms with E-state index in [0.717, 1.165) is 47.8 Å². The Labute approximate surface area is 257 Å². The van der Waals surface area contributed by atoms with E-state index in [1.165, 1.54) is 0 Å². The minimum Gasteiger partial charge on any atom is -0.508 e. The second-order valence-electron chi connectivity index (χ2n) is 10.3. The summed E-state index contributed by atoms with van der Waals surface area (Å²) in [5.74, 6) is 0.584. The molecule has 1 heterocycles. The van der Waals surface area contributed by atoms with Crippen molar-refractivity contribution in [1.29, 1.82) is 0 Å². The Hall–Kier alpha value is -2.35. The topological polar surface area (TPSA) is 100 Å². The van der Waals surface area contributed by atoms with Crippen LogP contribution in [0, 0.1) is 5.92 Å². The van der Waals surface area contributed by atoms with Crippen LogP contribution in [-0.2, 0) is 11.2 Å². The smallest absolute Gasteiger partial charge is 0.237 e. The average Bonchev–Trinajstić information content (AvgIpc) is 2.89. The van der Waals surface area contributed by atoms with Crippen LogP contribution in [0.4, 0.5) is 0 Å². The SMILES string of the molecule is CCCC[C@H](N)CNC(=O)[C@H](Cc1ccc(O)cc1)N[C@H](/C=C/c1ccc2ccccc2n1)CC(C)C.Cl.Cl.Cl. The van der Waals surface area contributed by atoms with E-state index < -0.39 is 6.04 Å². The van der Waals surface area contributed by atoms with Crippen LogP contribution in [-0.4, -0.2) is 40.7 Å². The molecule has 2 aromatic carbocycles. The maximum atomic E-state index is 13.3. The minimum atomic E-state index is -0.444. The Kier molecular flexibility index (Phi) is 18.5. The van der Waals surface area contributed by atoms with Gasteiger partial charge in [0.25, 0.3) is 0 Å². The van der Waals surface area contributed by atoms with Crippen molar-refractivity contribution in [3.8, 4) is 5.75 Å². The Bertz CT molecular complexity index is 1160. The van der Waals surface area contributed by atoms with Crippen LogP contribution in [0.1, 0.15) is 57.7 Å². The lowest BCUT2D eigenvalue weighted by atomic mass is 9.99. The first-order valence-electron chi connectivity index (χ1n) is 13.4. The number of halogens is 3. The van der Waals surface area contributed by atoms with E-state index >= 15 is 0 Å². The summed E-state index contributed by atoms with van der Waals surface area (Å²) in [6, 6.07) is 18.7. The van der Waals surface area contributed by atoms with Crippen LogP contribution in [0.5, 0.6) is 5.75 Å². The molecule has 0 unspecified atom stereocenters. The number of unbranched alkanes of at least 4 members (excludes halogenated alkanes) is 1. The first-order valence-corrected chi connectivity index (χ1v) is 13.4. The van der Waals surface area contributed by atoms with E-state index in [1.54, 1.807) is 12.1 Å². The molecule has 6 nitrogen and oxygen atoms in total. The van der Waals surface area contributed by atoms with Gasteiger partial charge in [-0.2, -0.15) is 0 Å². The van der Waals surface area contributed by atoms with Crippen molar-refractivity contribution in [1.82, 2.24) is 15.6 Å². The molecule has 1 aromatic heterocycles. The molecule has 3 aromatic rings. The molecule has 0 aliphatic carbocycles. The van der Waals surface area contributed by atoms with Gasteiger partial charge < -0.3 is 16.2 Å². The van der Waals surface area contributed by atoms with E-state index in [4.69, 9.17) is 10.7 Å². The van der Waals surface area contributed by atoms with Crippen LogP contribution < -0.4 is 16.4 Å². The van der Waals surface area contributed by atoms with Gasteiger partial charge in [0.1, 0.15) is 5.75 Å². The van der Waals surface area contributed by atoms with E-state index in [2.05, 4.69) is 49.6 Å². The molecule has 0 saturated carbocycles. The highest BCUT2D eigenvalue weighted by atomic mass is 35.5. The molecule has 5 N–H and O–H groups in total. The molecule has 1 amide bonds. The zero-order valence-electron chi connectivity index (χ0n) is 23.6. The highest BCUT2D eigenvalue weighted by Gasteiger charge is 2.23. The number of nitrogens with two attached hydrogens (primary N) is 1. The number of fused-ring (bicyclic) bond motifs is 1. The lowest BCUT2D eigenvalue weighted by Crippen LogP contribution is -2.51. The standard InChI is InChI=1S/C31H42N4O2.3ClH/c1-4-5-9-25(32)21-33-31(37)30(20-23-11-17-28(36)18-12-23)35-27(19-22(2)3)16-15-26-14-13-24-8-6-7-10-29(24)34-26;;;/h6-8,10-18,22,25,27,30,35-36H,4-5,9,19-21,32H2,1-3H3,(H,33,37);3*1H/b16-15+;;;/t25-,27+,30-;;;/m0.../s1. The number of amides is 1. The first kappa shape index (κ1) is 37.6. The second kappa shape index (κ2) is 19.7. The third-order valence-electron chi connectivity index (χ3n) is 6.42. The summed E-state index contributed by atoms with van der Waals surface area (Å²) >= 11 is 0. The number of aromatic hydroxyl groups is 1. The number of rotatable bonds is 14. The van der Waals surface area contributed by atoms with Crippen molar-refractivity contribution < 1.29 is 9.90 Å². The first-order chi connectivity index (χ1) is 17.8. The van der Waals surface area contributed by atoms with Gasteiger partial charge in [-0.05, 0) is 61.1 Å². The van der Waals surface area contributed by atoms with Gasteiger partial charge in [-0.15, -0.1) is 37.2 Å². The Balaban J connectivity index is 0.00000507. The number of hydrogen-bond acceptors (Lipinski definition) is 5. The van der Waals surface area contributed by atoms with Crippen molar-refractivity contribution in [3.05, 3.63) is 78.0 Å². The van der Waals surface area contributed by atoms with Crippen molar-refractivity contribution in [2.24, 2.45) is 11.7 Å². The lowest BCUT2D eigenvalue weighted by Gasteiger charge is -2.25. The Morgan fingerprint density at radius 3 is 2.40 bits per heavy atom. The molecule has 9 heteroatoms. The van der Waals surface area contributed by atoms with Crippen molar-refractivity contribution >= 4 is 60.1 Å². The number of nitrogens with zero attached hydrogens (tertiary/aromatic N) is 1. The van der Waals surface area contributed by atoms with Crippen LogP contribution >= 0.6 is 37.2 Å². The summed E-state index contributed by atoms with van der Waals surface area (Å²) in [6.07, 6.45) is 8.55. The number of aromatic nitrogens is 1. The number of pyridine rings is 1. The second-order valence-corrected chi connectivity index (χ2v) is 10.3. The van der Waals surface area contributed by atoms with Crippen molar-refractivity contribution in [2.75, 3.05) is 6.54 Å². The van der Waals surface area contributed by atoms with E-state index in [1.807, 2.05) is 42.5 Å². The van der Waals surface area contributed by atoms with Gasteiger partial charge in [0.05, 0.1) is 17.3 Å². The van der Waals surface area contributed by atoms with Gasteiger partial charge in [0, 0.05) is 24.0 Å². The summed E-state index contributed by atoms with van der Waals surface area (Å²) in [4.78, 5) is 18.1. The van der Waals surface area contributed by atoms with Gasteiger partial charge in [-0.3, -0.25) is 10.1 Å². The van der Waals surface area contributed by atoms with E-state index in [0.29, 0.717) is 18.9 Å². The highest BCUT2D eigenvalue weighted by Crippen LogP contribution is 2.16. The quantitative estimate of drug-likeness (QED) is 0.167. The molecule has 0 fully saturated rings. The highest BCUT2D eigenvalue weighted by molar-refractivity contribution is 5.86. The number of carbonyl (C=O) groups is 1. The molecular weight excluding hydrogens is 567 g/mol. The van der Waals surface area contributed by atoms with E-state index in [9.17, 15) is 9.90 Å².